The Hall–Kier alpha value is -0.460. The third-order valence-corrected chi connectivity index (χ3v) is 2.43. The molecule has 1 saturated carbocycles. The standard InChI is InChI=1S/C9H14O/c1-2-5-8(4-1)9-6-3-7-10-9/h1-7H2. The highest BCUT2D eigenvalue weighted by Crippen LogP contribution is 2.31. The average molecular weight is 138 g/mol. The van der Waals surface area contributed by atoms with Gasteiger partial charge in [0.25, 0.3) is 0 Å². The molecule has 0 aromatic carbocycles. The van der Waals surface area contributed by atoms with Crippen molar-refractivity contribution < 1.29 is 4.74 Å². The highest BCUT2D eigenvalue weighted by atomic mass is 16.5. The second-order valence-electron chi connectivity index (χ2n) is 3.19. The molecule has 0 unspecified atom stereocenters. The molecule has 0 atom stereocenters. The van der Waals surface area contributed by atoms with Gasteiger partial charge in [0.1, 0.15) is 0 Å². The van der Waals surface area contributed by atoms with Gasteiger partial charge in [0, 0.05) is 6.42 Å². The molecule has 1 saturated heterocycles. The molecule has 0 spiro atoms. The van der Waals surface area contributed by atoms with E-state index in [0.29, 0.717) is 0 Å². The molecule has 1 heterocycles. The van der Waals surface area contributed by atoms with E-state index in [4.69, 9.17) is 4.74 Å². The van der Waals surface area contributed by atoms with E-state index in [-0.39, 0.29) is 0 Å². The molecular formula is C9H14O. The van der Waals surface area contributed by atoms with E-state index in [1.165, 1.54) is 44.3 Å². The molecule has 0 amide bonds. The van der Waals surface area contributed by atoms with Crippen LogP contribution in [0.5, 0.6) is 0 Å². The van der Waals surface area contributed by atoms with Crippen molar-refractivity contribution in [3.63, 3.8) is 0 Å². The molecule has 56 valence electrons. The van der Waals surface area contributed by atoms with E-state index < -0.39 is 0 Å². The fourth-order valence-electron chi connectivity index (χ4n) is 1.86. The number of allylic oxidation sites excluding steroid dienone is 2. The highest BCUT2D eigenvalue weighted by molar-refractivity contribution is 5.13. The van der Waals surface area contributed by atoms with Gasteiger partial charge in [-0.3, -0.25) is 0 Å². The van der Waals surface area contributed by atoms with E-state index in [1.807, 2.05) is 0 Å². The Kier molecular flexibility index (Phi) is 1.66. The molecule has 10 heavy (non-hydrogen) atoms. The van der Waals surface area contributed by atoms with Gasteiger partial charge in [-0.25, -0.2) is 0 Å². The predicted molar refractivity (Wildman–Crippen MR) is 40.7 cm³/mol. The molecule has 1 aliphatic carbocycles. The predicted octanol–water partition coefficient (Wildman–Crippen LogP) is 2.62. The van der Waals surface area contributed by atoms with Crippen molar-refractivity contribution in [2.45, 2.75) is 38.5 Å². The largest absolute Gasteiger partial charge is 0.498 e. The molecule has 2 aliphatic rings. The van der Waals surface area contributed by atoms with Crippen LogP contribution in [0.25, 0.3) is 0 Å². The molecular weight excluding hydrogens is 124 g/mol. The molecule has 1 heteroatoms. The zero-order valence-corrected chi connectivity index (χ0v) is 6.36. The summed E-state index contributed by atoms with van der Waals surface area (Å²) >= 11 is 0. The van der Waals surface area contributed by atoms with Crippen molar-refractivity contribution in [2.24, 2.45) is 0 Å². The van der Waals surface area contributed by atoms with Crippen molar-refractivity contribution in [3.05, 3.63) is 11.3 Å². The van der Waals surface area contributed by atoms with Crippen molar-refractivity contribution in [1.82, 2.24) is 0 Å². The van der Waals surface area contributed by atoms with E-state index in [9.17, 15) is 0 Å². The number of ether oxygens (including phenoxy) is 1. The van der Waals surface area contributed by atoms with Crippen LogP contribution in [0.1, 0.15) is 38.5 Å². The quantitative estimate of drug-likeness (QED) is 0.500. The van der Waals surface area contributed by atoms with Gasteiger partial charge in [-0.05, 0) is 37.7 Å². The Labute approximate surface area is 62.1 Å². The smallest absolute Gasteiger partial charge is 0.0952 e. The Morgan fingerprint density at radius 1 is 0.900 bits per heavy atom. The summed E-state index contributed by atoms with van der Waals surface area (Å²) in [5.74, 6) is 1.34. The fraction of sp³-hybridized carbons (Fsp3) is 0.778. The minimum atomic E-state index is 0.971. The van der Waals surface area contributed by atoms with E-state index in [1.54, 1.807) is 5.57 Å². The molecule has 0 bridgehead atoms. The first-order valence-electron chi connectivity index (χ1n) is 4.30. The van der Waals surface area contributed by atoms with Gasteiger partial charge in [0.2, 0.25) is 0 Å². The lowest BCUT2D eigenvalue weighted by Crippen LogP contribution is -1.84. The summed E-state index contributed by atoms with van der Waals surface area (Å²) in [4.78, 5) is 0. The summed E-state index contributed by atoms with van der Waals surface area (Å²) in [5, 5.41) is 0. The van der Waals surface area contributed by atoms with Crippen LogP contribution < -0.4 is 0 Å². The first kappa shape index (κ1) is 6.26. The normalized spacial score (nSPS) is 25.6. The van der Waals surface area contributed by atoms with Crippen LogP contribution in [0.2, 0.25) is 0 Å². The minimum absolute atomic E-state index is 0.971. The Bertz CT molecular complexity index is 124. The first-order chi connectivity index (χ1) is 4.97. The lowest BCUT2D eigenvalue weighted by molar-refractivity contribution is 0.258. The molecule has 2 rings (SSSR count). The average Bonchev–Trinajstić information content (AvgIpc) is 2.59. The topological polar surface area (TPSA) is 9.23 Å². The zero-order chi connectivity index (χ0) is 6.81. The van der Waals surface area contributed by atoms with Gasteiger partial charge < -0.3 is 4.74 Å². The summed E-state index contributed by atoms with van der Waals surface area (Å²) in [7, 11) is 0. The molecule has 0 N–H and O–H groups in total. The first-order valence-corrected chi connectivity index (χ1v) is 4.30. The second-order valence-corrected chi connectivity index (χ2v) is 3.19. The maximum atomic E-state index is 5.52. The third kappa shape index (κ3) is 1.05. The summed E-state index contributed by atoms with van der Waals surface area (Å²) in [6.45, 7) is 0.971. The van der Waals surface area contributed by atoms with Gasteiger partial charge in [0.05, 0.1) is 12.4 Å². The maximum absolute atomic E-state index is 5.52. The summed E-state index contributed by atoms with van der Waals surface area (Å²) in [6, 6.07) is 0. The third-order valence-electron chi connectivity index (χ3n) is 2.43. The summed E-state index contributed by atoms with van der Waals surface area (Å²) < 4.78 is 5.52. The van der Waals surface area contributed by atoms with E-state index >= 15 is 0 Å². The molecule has 0 aromatic heterocycles. The van der Waals surface area contributed by atoms with Crippen LogP contribution in [0, 0.1) is 0 Å². The molecule has 2 fully saturated rings. The van der Waals surface area contributed by atoms with Crippen LogP contribution in [0.15, 0.2) is 11.3 Å². The maximum Gasteiger partial charge on any atom is 0.0952 e. The van der Waals surface area contributed by atoms with Crippen LogP contribution in [-0.2, 0) is 4.74 Å². The number of hydrogen-bond acceptors (Lipinski definition) is 1. The second kappa shape index (κ2) is 2.65. The SMILES string of the molecule is C1CCC(=C2CCCO2)C1. The van der Waals surface area contributed by atoms with Gasteiger partial charge >= 0.3 is 0 Å². The fourth-order valence-corrected chi connectivity index (χ4v) is 1.86. The number of rotatable bonds is 0. The van der Waals surface area contributed by atoms with Crippen LogP contribution in [0.4, 0.5) is 0 Å². The van der Waals surface area contributed by atoms with Gasteiger partial charge in [-0.1, -0.05) is 0 Å². The summed E-state index contributed by atoms with van der Waals surface area (Å²) in [6.07, 6.45) is 7.88. The zero-order valence-electron chi connectivity index (χ0n) is 6.36. The van der Waals surface area contributed by atoms with Gasteiger partial charge in [-0.15, -0.1) is 0 Å². The van der Waals surface area contributed by atoms with Crippen LogP contribution in [-0.4, -0.2) is 6.61 Å². The van der Waals surface area contributed by atoms with Gasteiger partial charge in [-0.2, -0.15) is 0 Å². The van der Waals surface area contributed by atoms with E-state index in [2.05, 4.69) is 0 Å². The minimum Gasteiger partial charge on any atom is -0.498 e. The molecule has 1 nitrogen and oxygen atoms in total. The Morgan fingerprint density at radius 3 is 2.30 bits per heavy atom. The monoisotopic (exact) mass is 138 g/mol. The van der Waals surface area contributed by atoms with Crippen molar-refractivity contribution in [1.29, 1.82) is 0 Å². The Balaban J connectivity index is 2.10. The van der Waals surface area contributed by atoms with Crippen LogP contribution in [0.3, 0.4) is 0 Å². The lowest BCUT2D eigenvalue weighted by Gasteiger charge is -2.01. The van der Waals surface area contributed by atoms with Crippen LogP contribution >= 0.6 is 0 Å². The molecule has 0 radical (unpaired) electrons. The lowest BCUT2D eigenvalue weighted by atomic mass is 10.1. The number of hydrogen-bond donors (Lipinski definition) is 0. The van der Waals surface area contributed by atoms with Gasteiger partial charge in [0.15, 0.2) is 0 Å². The molecule has 1 aliphatic heterocycles. The summed E-state index contributed by atoms with van der Waals surface area (Å²) in [5.41, 5.74) is 1.62. The molecule has 0 aromatic rings. The van der Waals surface area contributed by atoms with Crippen molar-refractivity contribution in [2.75, 3.05) is 6.61 Å². The van der Waals surface area contributed by atoms with Crippen molar-refractivity contribution in [3.8, 4) is 0 Å². The highest BCUT2D eigenvalue weighted by Gasteiger charge is 2.16. The van der Waals surface area contributed by atoms with Crippen molar-refractivity contribution >= 4 is 0 Å². The Morgan fingerprint density at radius 2 is 1.70 bits per heavy atom. The van der Waals surface area contributed by atoms with E-state index in [0.717, 1.165) is 6.61 Å².